The predicted octanol–water partition coefficient (Wildman–Crippen LogP) is 1.51. The van der Waals surface area contributed by atoms with Crippen molar-refractivity contribution in [1.29, 1.82) is 0 Å². The van der Waals surface area contributed by atoms with E-state index < -0.39 is 7.72 Å². The van der Waals surface area contributed by atoms with Gasteiger partial charge in [-0.3, -0.25) is 0 Å². The summed E-state index contributed by atoms with van der Waals surface area (Å²) in [6.45, 7) is 6.22. The van der Waals surface area contributed by atoms with Gasteiger partial charge in [0.1, 0.15) is 12.8 Å². The third-order valence-corrected chi connectivity index (χ3v) is 2.98. The van der Waals surface area contributed by atoms with E-state index in [9.17, 15) is 4.89 Å². The first kappa shape index (κ1) is 8.35. The molecule has 0 aliphatic rings. The van der Waals surface area contributed by atoms with Crippen LogP contribution in [0.1, 0.15) is 13.8 Å². The third-order valence-electron chi connectivity index (χ3n) is 0.994. The van der Waals surface area contributed by atoms with Crippen molar-refractivity contribution in [2.45, 2.75) is 13.8 Å². The Bertz CT molecular complexity index is 63.4. The van der Waals surface area contributed by atoms with Gasteiger partial charge in [-0.25, -0.2) is 9.42 Å². The van der Waals surface area contributed by atoms with E-state index in [1.165, 1.54) is 0 Å². The van der Waals surface area contributed by atoms with Crippen molar-refractivity contribution in [3.63, 3.8) is 0 Å². The largest absolute Gasteiger partial charge is 0.268 e. The zero-order valence-electron chi connectivity index (χ0n) is 5.72. The van der Waals surface area contributed by atoms with Crippen LogP contribution in [0.15, 0.2) is 0 Å². The van der Waals surface area contributed by atoms with Gasteiger partial charge in [0.15, 0.2) is 0 Å². The van der Waals surface area contributed by atoms with E-state index in [0.717, 1.165) is 6.16 Å². The Balaban J connectivity index is 3.37. The molecule has 0 fully saturated rings. The second kappa shape index (κ2) is 3.39. The molecule has 0 spiro atoms. The SMILES string of the molecule is CCO[P+](C)(O)CC. The smallest absolute Gasteiger partial charge is 0.220 e. The van der Waals surface area contributed by atoms with Gasteiger partial charge >= 0.3 is 0 Å². The first-order chi connectivity index (χ1) is 3.62. The molecular weight excluding hydrogens is 123 g/mol. The van der Waals surface area contributed by atoms with Crippen LogP contribution in [-0.2, 0) is 4.52 Å². The van der Waals surface area contributed by atoms with Crippen LogP contribution < -0.4 is 0 Å². The van der Waals surface area contributed by atoms with E-state index in [0.29, 0.717) is 6.61 Å². The van der Waals surface area contributed by atoms with Crippen LogP contribution in [0.5, 0.6) is 0 Å². The molecule has 1 N–H and O–H groups in total. The van der Waals surface area contributed by atoms with Gasteiger partial charge in [0.2, 0.25) is 0 Å². The van der Waals surface area contributed by atoms with Crippen molar-refractivity contribution < 1.29 is 9.42 Å². The molecule has 50 valence electrons. The van der Waals surface area contributed by atoms with Crippen molar-refractivity contribution in [3.05, 3.63) is 0 Å². The lowest BCUT2D eigenvalue weighted by molar-refractivity contribution is 0.314. The van der Waals surface area contributed by atoms with E-state index in [1.54, 1.807) is 6.66 Å². The first-order valence-electron chi connectivity index (χ1n) is 2.85. The molecule has 0 amide bonds. The molecule has 0 aromatic heterocycles. The van der Waals surface area contributed by atoms with Crippen molar-refractivity contribution >= 4 is 7.72 Å². The normalized spacial score (nSPS) is 18.0. The Morgan fingerprint density at radius 3 is 2.12 bits per heavy atom. The lowest BCUT2D eigenvalue weighted by atomic mass is 10.9. The zero-order valence-corrected chi connectivity index (χ0v) is 6.61. The highest BCUT2D eigenvalue weighted by molar-refractivity contribution is 7.64. The number of rotatable bonds is 3. The van der Waals surface area contributed by atoms with Crippen molar-refractivity contribution in [3.8, 4) is 0 Å². The molecule has 0 aliphatic heterocycles. The molecular formula is C5H14O2P+. The topological polar surface area (TPSA) is 29.5 Å². The Labute approximate surface area is 51.4 Å². The molecule has 3 heteroatoms. The minimum absolute atomic E-state index is 0.620. The summed E-state index contributed by atoms with van der Waals surface area (Å²) < 4.78 is 5.05. The fourth-order valence-electron chi connectivity index (χ4n) is 0.369. The Morgan fingerprint density at radius 1 is 1.50 bits per heavy atom. The van der Waals surface area contributed by atoms with Crippen LogP contribution in [0.2, 0.25) is 0 Å². The Morgan fingerprint density at radius 2 is 2.00 bits per heavy atom. The maximum absolute atomic E-state index is 9.21. The average Bonchev–Trinajstić information content (AvgIpc) is 1.67. The fraction of sp³-hybridized carbons (Fsp3) is 1.00. The minimum atomic E-state index is -1.92. The quantitative estimate of drug-likeness (QED) is 0.597. The molecule has 0 saturated carbocycles. The third kappa shape index (κ3) is 3.36. The van der Waals surface area contributed by atoms with E-state index in [1.807, 2.05) is 13.8 Å². The Kier molecular flexibility index (Phi) is 3.54. The molecule has 0 bridgehead atoms. The highest BCUT2D eigenvalue weighted by atomic mass is 31.2. The van der Waals surface area contributed by atoms with Gasteiger partial charge in [-0.05, 0) is 13.8 Å². The fourth-order valence-corrected chi connectivity index (χ4v) is 1.11. The summed E-state index contributed by atoms with van der Waals surface area (Å²) in [4.78, 5) is 9.21. The summed E-state index contributed by atoms with van der Waals surface area (Å²) in [6.07, 6.45) is 0.751. The lowest BCUT2D eigenvalue weighted by Crippen LogP contribution is -1.97. The van der Waals surface area contributed by atoms with Gasteiger partial charge in [-0.2, -0.15) is 0 Å². The predicted molar refractivity (Wildman–Crippen MR) is 37.2 cm³/mol. The second-order valence-electron chi connectivity index (χ2n) is 1.78. The molecule has 0 rings (SSSR count). The molecule has 0 heterocycles. The second-order valence-corrected chi connectivity index (χ2v) is 4.78. The van der Waals surface area contributed by atoms with Gasteiger partial charge in [0.25, 0.3) is 7.72 Å². The lowest BCUT2D eigenvalue weighted by Gasteiger charge is -2.09. The molecule has 0 aromatic carbocycles. The van der Waals surface area contributed by atoms with Crippen LogP contribution in [0.25, 0.3) is 0 Å². The summed E-state index contributed by atoms with van der Waals surface area (Å²) in [6, 6.07) is 0. The summed E-state index contributed by atoms with van der Waals surface area (Å²) in [7, 11) is -1.92. The van der Waals surface area contributed by atoms with Crippen LogP contribution in [0.3, 0.4) is 0 Å². The van der Waals surface area contributed by atoms with E-state index in [-0.39, 0.29) is 0 Å². The van der Waals surface area contributed by atoms with Crippen molar-refractivity contribution in [1.82, 2.24) is 0 Å². The van der Waals surface area contributed by atoms with Gasteiger partial charge in [-0.1, -0.05) is 0 Å². The van der Waals surface area contributed by atoms with E-state index in [4.69, 9.17) is 4.52 Å². The highest BCUT2D eigenvalue weighted by Gasteiger charge is 2.26. The molecule has 2 nitrogen and oxygen atoms in total. The monoisotopic (exact) mass is 137 g/mol. The standard InChI is InChI=1S/C5H14O2P/c1-4-7-8(3,6)5-2/h6H,4-5H2,1-3H3/q+1. The van der Waals surface area contributed by atoms with Crippen molar-refractivity contribution in [2.24, 2.45) is 0 Å². The summed E-state index contributed by atoms with van der Waals surface area (Å²) in [5, 5.41) is 0. The van der Waals surface area contributed by atoms with Gasteiger partial charge in [0.05, 0.1) is 6.61 Å². The Hall–Kier alpha value is 0.350. The molecule has 0 saturated heterocycles. The van der Waals surface area contributed by atoms with Crippen LogP contribution in [0, 0.1) is 0 Å². The van der Waals surface area contributed by atoms with E-state index >= 15 is 0 Å². The van der Waals surface area contributed by atoms with Gasteiger partial charge < -0.3 is 0 Å². The number of hydrogen-bond donors (Lipinski definition) is 1. The molecule has 0 aromatic rings. The molecule has 8 heavy (non-hydrogen) atoms. The summed E-state index contributed by atoms with van der Waals surface area (Å²) >= 11 is 0. The zero-order chi connectivity index (χ0) is 6.62. The van der Waals surface area contributed by atoms with Crippen molar-refractivity contribution in [2.75, 3.05) is 19.4 Å². The number of hydrogen-bond acceptors (Lipinski definition) is 2. The maximum Gasteiger partial charge on any atom is 0.268 e. The molecule has 0 radical (unpaired) electrons. The molecule has 1 unspecified atom stereocenters. The molecule has 0 aliphatic carbocycles. The first-order valence-corrected chi connectivity index (χ1v) is 5.14. The average molecular weight is 137 g/mol. The van der Waals surface area contributed by atoms with Gasteiger partial charge in [-0.15, -0.1) is 0 Å². The van der Waals surface area contributed by atoms with Gasteiger partial charge in [0, 0.05) is 0 Å². The van der Waals surface area contributed by atoms with Crippen LogP contribution in [-0.4, -0.2) is 24.3 Å². The maximum atomic E-state index is 9.21. The summed E-state index contributed by atoms with van der Waals surface area (Å²) in [5.41, 5.74) is 0. The molecule has 1 atom stereocenters. The summed E-state index contributed by atoms with van der Waals surface area (Å²) in [5.74, 6) is 0. The minimum Gasteiger partial charge on any atom is -0.220 e. The van der Waals surface area contributed by atoms with Crippen LogP contribution in [0.4, 0.5) is 0 Å². The van der Waals surface area contributed by atoms with Crippen LogP contribution >= 0.6 is 7.72 Å². The van der Waals surface area contributed by atoms with E-state index in [2.05, 4.69) is 0 Å². The highest BCUT2D eigenvalue weighted by Crippen LogP contribution is 2.50.